The van der Waals surface area contributed by atoms with Gasteiger partial charge in [-0.15, -0.1) is 0 Å². The van der Waals surface area contributed by atoms with Crippen LogP contribution in [0.25, 0.3) is 11.8 Å². The Labute approximate surface area is 259 Å². The molecule has 8 nitrogen and oxygen atoms in total. The minimum atomic E-state index is -0.437. The van der Waals surface area contributed by atoms with E-state index < -0.39 is 5.97 Å². The summed E-state index contributed by atoms with van der Waals surface area (Å²) in [5, 5.41) is 0. The summed E-state index contributed by atoms with van der Waals surface area (Å²) in [7, 11) is 4.73. The van der Waals surface area contributed by atoms with Crippen LogP contribution in [0.1, 0.15) is 41.6 Å². The van der Waals surface area contributed by atoms with Gasteiger partial charge in [0.1, 0.15) is 0 Å². The van der Waals surface area contributed by atoms with E-state index in [1.165, 1.54) is 30.9 Å². The molecule has 0 unspecified atom stereocenters. The first kappa shape index (κ1) is 28.2. The van der Waals surface area contributed by atoms with Gasteiger partial charge in [-0.2, -0.15) is 0 Å². The molecule has 1 atom stereocenters. The van der Waals surface area contributed by atoms with E-state index in [-0.39, 0.29) is 11.6 Å². The summed E-state index contributed by atoms with van der Waals surface area (Å²) in [5.41, 5.74) is 5.90. The largest absolute Gasteiger partial charge is 0.493 e. The minimum Gasteiger partial charge on any atom is -0.493 e. The van der Waals surface area contributed by atoms with Gasteiger partial charge in [-0.25, -0.2) is 4.99 Å². The lowest BCUT2D eigenvalue weighted by Crippen LogP contribution is -2.38. The molecule has 1 aliphatic heterocycles. The fraction of sp³-hybridized carbons (Fsp3) is 0.219. The third-order valence-corrected chi connectivity index (χ3v) is 9.18. The van der Waals surface area contributed by atoms with Gasteiger partial charge in [0, 0.05) is 12.5 Å². The smallest absolute Gasteiger partial charge is 0.308 e. The van der Waals surface area contributed by atoms with Gasteiger partial charge in [-0.3, -0.25) is 14.2 Å². The Hall–Kier alpha value is -3.90. The van der Waals surface area contributed by atoms with Crippen molar-refractivity contribution in [1.29, 1.82) is 0 Å². The molecule has 214 valence electrons. The van der Waals surface area contributed by atoms with Crippen molar-refractivity contribution in [2.75, 3.05) is 21.3 Å². The molecule has 0 saturated carbocycles. The van der Waals surface area contributed by atoms with E-state index in [4.69, 9.17) is 23.9 Å². The molecule has 0 spiro atoms. The van der Waals surface area contributed by atoms with Crippen molar-refractivity contribution in [2.24, 2.45) is 4.99 Å². The second-order valence-electron chi connectivity index (χ2n) is 9.86. The van der Waals surface area contributed by atoms with E-state index in [9.17, 15) is 9.59 Å². The van der Waals surface area contributed by atoms with Gasteiger partial charge in [-0.1, -0.05) is 41.7 Å². The minimum absolute atomic E-state index is 0.137. The number of aryl methyl sites for hydroxylation is 1. The molecule has 0 saturated heterocycles. The molecule has 4 aromatic rings. The average molecular weight is 695 g/mol. The maximum Gasteiger partial charge on any atom is 0.308 e. The number of benzene rings is 3. The van der Waals surface area contributed by atoms with Crippen molar-refractivity contribution in [3.05, 3.63) is 106 Å². The third kappa shape index (κ3) is 4.92. The molecule has 10 heteroatoms. The van der Waals surface area contributed by atoms with E-state index >= 15 is 0 Å². The number of ether oxygens (including phenoxy) is 4. The normalized spacial score (nSPS) is 15.7. The van der Waals surface area contributed by atoms with Crippen LogP contribution in [0.5, 0.6) is 23.0 Å². The van der Waals surface area contributed by atoms with Crippen LogP contribution in [0, 0.1) is 3.57 Å². The third-order valence-electron chi connectivity index (χ3n) is 7.39. The monoisotopic (exact) mass is 694 g/mol. The summed E-state index contributed by atoms with van der Waals surface area (Å²) >= 11 is 3.44. The Morgan fingerprint density at radius 1 is 1.00 bits per heavy atom. The van der Waals surface area contributed by atoms with Crippen molar-refractivity contribution >= 4 is 51.7 Å². The maximum atomic E-state index is 14.2. The molecule has 0 bridgehead atoms. The molecule has 0 amide bonds. The van der Waals surface area contributed by atoms with Gasteiger partial charge in [0.15, 0.2) is 27.8 Å². The predicted molar refractivity (Wildman–Crippen MR) is 169 cm³/mol. The van der Waals surface area contributed by atoms with Gasteiger partial charge in [0.25, 0.3) is 5.56 Å². The SMILES string of the molecule is COc1ccc([C@H]2C3=C(N=c4s/c(=C/c5cc(I)c(OC(C)=O)c(OC)c5)c(=O)n42)c2ccccc2CC3)cc1OC. The number of rotatable bonds is 6. The lowest BCUT2D eigenvalue weighted by molar-refractivity contribution is -0.132. The summed E-state index contributed by atoms with van der Waals surface area (Å²) in [5.74, 6) is 1.54. The zero-order chi connectivity index (χ0) is 29.5. The van der Waals surface area contributed by atoms with Gasteiger partial charge >= 0.3 is 5.97 Å². The van der Waals surface area contributed by atoms with Crippen LogP contribution in [-0.4, -0.2) is 31.9 Å². The Morgan fingerprint density at radius 3 is 2.50 bits per heavy atom. The molecular formula is C32H27IN2O6S. The fourth-order valence-corrected chi connectivity index (χ4v) is 7.30. The molecule has 2 aliphatic rings. The lowest BCUT2D eigenvalue weighted by atomic mass is 9.83. The zero-order valence-corrected chi connectivity index (χ0v) is 26.4. The second-order valence-corrected chi connectivity index (χ2v) is 12.0. The van der Waals surface area contributed by atoms with Crippen molar-refractivity contribution in [2.45, 2.75) is 25.8 Å². The van der Waals surface area contributed by atoms with Crippen LogP contribution in [0.4, 0.5) is 0 Å². The van der Waals surface area contributed by atoms with E-state index in [1.54, 1.807) is 24.9 Å². The first-order valence-corrected chi connectivity index (χ1v) is 15.1. The highest BCUT2D eigenvalue weighted by Gasteiger charge is 2.33. The molecule has 0 fully saturated rings. The van der Waals surface area contributed by atoms with Gasteiger partial charge in [-0.05, 0) is 88.0 Å². The molecule has 1 aliphatic carbocycles. The highest BCUT2D eigenvalue weighted by Crippen LogP contribution is 2.43. The van der Waals surface area contributed by atoms with Crippen LogP contribution >= 0.6 is 33.9 Å². The van der Waals surface area contributed by atoms with E-state index in [0.717, 1.165) is 40.8 Å². The number of carbonyl (C=O) groups excluding carboxylic acids is 1. The molecule has 1 aromatic heterocycles. The number of carbonyl (C=O) groups is 1. The van der Waals surface area contributed by atoms with Crippen molar-refractivity contribution in [3.63, 3.8) is 0 Å². The molecular weight excluding hydrogens is 667 g/mol. The van der Waals surface area contributed by atoms with Gasteiger partial charge in [0.2, 0.25) is 0 Å². The standard InChI is InChI=1S/C32H27IN2O6S/c1-17(36)41-30-23(33)13-18(14-26(30)40-4)15-27-31(37)35-29(20-10-12-24(38-2)25(16-20)39-3)22-11-9-19-7-5-6-8-21(19)28(22)34-32(35)42-27/h5-8,10,12-16,29H,9,11H2,1-4H3/b27-15+/t29-/m0/s1. The summed E-state index contributed by atoms with van der Waals surface area (Å²) in [4.78, 5) is 31.5. The predicted octanol–water partition coefficient (Wildman–Crippen LogP) is 4.87. The number of thiazole rings is 1. The van der Waals surface area contributed by atoms with E-state index in [1.807, 2.05) is 36.4 Å². The Bertz CT molecular complexity index is 1960. The first-order chi connectivity index (χ1) is 20.3. The summed E-state index contributed by atoms with van der Waals surface area (Å²) in [6, 6.07) is 17.4. The zero-order valence-electron chi connectivity index (χ0n) is 23.4. The molecule has 0 radical (unpaired) electrons. The first-order valence-electron chi connectivity index (χ1n) is 13.2. The van der Waals surface area contributed by atoms with Crippen LogP contribution < -0.4 is 33.8 Å². The average Bonchev–Trinajstić information content (AvgIpc) is 3.30. The fourth-order valence-electron chi connectivity index (χ4n) is 5.56. The molecule has 3 aromatic carbocycles. The number of halogens is 1. The molecule has 0 N–H and O–H groups in total. The van der Waals surface area contributed by atoms with Crippen LogP contribution in [0.15, 0.2) is 70.0 Å². The Morgan fingerprint density at radius 2 is 1.76 bits per heavy atom. The number of aromatic nitrogens is 1. The summed E-state index contributed by atoms with van der Waals surface area (Å²) in [6.45, 7) is 1.34. The van der Waals surface area contributed by atoms with Crippen molar-refractivity contribution in [3.8, 4) is 23.0 Å². The van der Waals surface area contributed by atoms with Crippen molar-refractivity contribution in [1.82, 2.24) is 4.57 Å². The van der Waals surface area contributed by atoms with Gasteiger partial charge < -0.3 is 18.9 Å². The van der Waals surface area contributed by atoms with E-state index in [2.05, 4.69) is 40.8 Å². The molecule has 42 heavy (non-hydrogen) atoms. The number of hydrogen-bond donors (Lipinski definition) is 0. The lowest BCUT2D eigenvalue weighted by Gasteiger charge is -2.31. The maximum absolute atomic E-state index is 14.2. The number of esters is 1. The summed E-state index contributed by atoms with van der Waals surface area (Å²) < 4.78 is 25.0. The Balaban J connectivity index is 1.57. The van der Waals surface area contributed by atoms with Crippen LogP contribution in [0.3, 0.4) is 0 Å². The summed E-state index contributed by atoms with van der Waals surface area (Å²) in [6.07, 6.45) is 3.48. The quantitative estimate of drug-likeness (QED) is 0.163. The Kier molecular flexibility index (Phi) is 7.67. The number of methoxy groups -OCH3 is 3. The highest BCUT2D eigenvalue weighted by molar-refractivity contribution is 14.1. The second kappa shape index (κ2) is 11.4. The van der Waals surface area contributed by atoms with E-state index in [0.29, 0.717) is 35.9 Å². The number of nitrogens with zero attached hydrogens (tertiary/aromatic N) is 2. The topological polar surface area (TPSA) is 88.4 Å². The molecule has 6 rings (SSSR count). The highest BCUT2D eigenvalue weighted by atomic mass is 127. The van der Waals surface area contributed by atoms with Crippen LogP contribution in [-0.2, 0) is 11.2 Å². The molecule has 2 heterocycles. The number of hydrogen-bond acceptors (Lipinski definition) is 8. The van der Waals surface area contributed by atoms with Crippen LogP contribution in [0.2, 0.25) is 0 Å². The van der Waals surface area contributed by atoms with Gasteiger partial charge in [0.05, 0.1) is 41.2 Å². The number of fused-ring (bicyclic) bond motifs is 3. The number of allylic oxidation sites excluding steroid dienone is 1. The van der Waals surface area contributed by atoms with Crippen molar-refractivity contribution < 1.29 is 23.7 Å².